The van der Waals surface area contributed by atoms with Crippen molar-refractivity contribution in [3.05, 3.63) is 21.9 Å². The third-order valence-corrected chi connectivity index (χ3v) is 3.18. The minimum absolute atomic E-state index is 0.403. The van der Waals surface area contributed by atoms with E-state index in [9.17, 15) is 9.59 Å². The van der Waals surface area contributed by atoms with Crippen LogP contribution in [0.15, 0.2) is 12.1 Å². The van der Waals surface area contributed by atoms with Gasteiger partial charge in [0.2, 0.25) is 0 Å². The molecule has 0 saturated heterocycles. The summed E-state index contributed by atoms with van der Waals surface area (Å²) in [6.07, 6.45) is 0. The fourth-order valence-electron chi connectivity index (χ4n) is 1.13. The number of carboxylic acids is 1. The lowest BCUT2D eigenvalue weighted by atomic mass is 10.1. The van der Waals surface area contributed by atoms with Gasteiger partial charge < -0.3 is 15.7 Å². The van der Waals surface area contributed by atoms with E-state index in [1.165, 1.54) is 18.7 Å². The minimum atomic E-state index is -1.27. The van der Waals surface area contributed by atoms with E-state index in [1.54, 1.807) is 11.3 Å². The SMILES string of the molecule is Cc1ccc(CNC(=O)NC(C)(C)C(=O)O)s1. The van der Waals surface area contributed by atoms with Gasteiger partial charge in [-0.05, 0) is 32.9 Å². The monoisotopic (exact) mass is 256 g/mol. The van der Waals surface area contributed by atoms with Crippen molar-refractivity contribution in [1.29, 1.82) is 0 Å². The fourth-order valence-corrected chi connectivity index (χ4v) is 1.96. The Morgan fingerprint density at radius 2 is 2.06 bits per heavy atom. The average molecular weight is 256 g/mol. The first kappa shape index (κ1) is 13.5. The fraction of sp³-hybridized carbons (Fsp3) is 0.455. The number of amides is 2. The molecule has 0 radical (unpaired) electrons. The Morgan fingerprint density at radius 1 is 1.41 bits per heavy atom. The van der Waals surface area contributed by atoms with Crippen LogP contribution in [0.2, 0.25) is 0 Å². The van der Waals surface area contributed by atoms with Crippen LogP contribution in [0, 0.1) is 6.92 Å². The minimum Gasteiger partial charge on any atom is -0.480 e. The topological polar surface area (TPSA) is 78.4 Å². The van der Waals surface area contributed by atoms with E-state index in [4.69, 9.17) is 5.11 Å². The highest BCUT2D eigenvalue weighted by Gasteiger charge is 2.28. The molecule has 0 unspecified atom stereocenters. The molecule has 0 aliphatic rings. The molecule has 5 nitrogen and oxygen atoms in total. The number of thiophene rings is 1. The van der Waals surface area contributed by atoms with E-state index in [1.807, 2.05) is 19.1 Å². The molecule has 6 heteroatoms. The van der Waals surface area contributed by atoms with Gasteiger partial charge in [0.15, 0.2) is 0 Å². The van der Waals surface area contributed by atoms with Gasteiger partial charge in [0.25, 0.3) is 0 Å². The van der Waals surface area contributed by atoms with Gasteiger partial charge in [-0.1, -0.05) is 0 Å². The second-order valence-corrected chi connectivity index (χ2v) is 5.62. The first-order valence-corrected chi connectivity index (χ1v) is 5.97. The van der Waals surface area contributed by atoms with Crippen molar-refractivity contribution in [2.75, 3.05) is 0 Å². The van der Waals surface area contributed by atoms with E-state index in [-0.39, 0.29) is 0 Å². The highest BCUT2D eigenvalue weighted by molar-refractivity contribution is 7.11. The Hall–Kier alpha value is -1.56. The van der Waals surface area contributed by atoms with Gasteiger partial charge in [0.1, 0.15) is 5.54 Å². The molecule has 1 aromatic rings. The Labute approximate surface area is 104 Å². The second kappa shape index (κ2) is 5.18. The standard InChI is InChI=1S/C11H16N2O3S/c1-7-4-5-8(17-7)6-12-10(16)13-11(2,3)9(14)15/h4-5H,6H2,1-3H3,(H,14,15)(H2,12,13,16). The van der Waals surface area contributed by atoms with Gasteiger partial charge in [-0.2, -0.15) is 0 Å². The molecule has 3 N–H and O–H groups in total. The number of aliphatic carboxylic acids is 1. The van der Waals surface area contributed by atoms with E-state index in [2.05, 4.69) is 10.6 Å². The molecule has 1 rings (SSSR count). The van der Waals surface area contributed by atoms with E-state index < -0.39 is 17.5 Å². The molecule has 94 valence electrons. The van der Waals surface area contributed by atoms with Crippen LogP contribution in [0.4, 0.5) is 4.79 Å². The number of carbonyl (C=O) groups excluding carboxylic acids is 1. The lowest BCUT2D eigenvalue weighted by Crippen LogP contribution is -2.52. The maximum absolute atomic E-state index is 11.5. The lowest BCUT2D eigenvalue weighted by molar-refractivity contribution is -0.142. The van der Waals surface area contributed by atoms with Crippen LogP contribution in [0.5, 0.6) is 0 Å². The van der Waals surface area contributed by atoms with Crippen LogP contribution < -0.4 is 10.6 Å². The summed E-state index contributed by atoms with van der Waals surface area (Å²) in [6, 6.07) is 3.42. The molecule has 0 bridgehead atoms. The first-order chi connectivity index (χ1) is 7.81. The van der Waals surface area contributed by atoms with E-state index >= 15 is 0 Å². The van der Waals surface area contributed by atoms with Gasteiger partial charge in [-0.3, -0.25) is 0 Å². The molecule has 0 aromatic carbocycles. The van der Waals surface area contributed by atoms with Crippen molar-refractivity contribution in [1.82, 2.24) is 10.6 Å². The van der Waals surface area contributed by atoms with Gasteiger partial charge in [-0.15, -0.1) is 11.3 Å². The molecular weight excluding hydrogens is 240 g/mol. The maximum atomic E-state index is 11.5. The molecule has 0 aliphatic heterocycles. The number of carboxylic acid groups (broad SMARTS) is 1. The number of rotatable bonds is 4. The average Bonchev–Trinajstić information content (AvgIpc) is 2.60. The maximum Gasteiger partial charge on any atom is 0.328 e. The molecule has 0 fully saturated rings. The smallest absolute Gasteiger partial charge is 0.328 e. The first-order valence-electron chi connectivity index (χ1n) is 5.16. The number of hydrogen-bond acceptors (Lipinski definition) is 3. The van der Waals surface area contributed by atoms with Crippen molar-refractivity contribution in [2.45, 2.75) is 32.9 Å². The zero-order valence-electron chi connectivity index (χ0n) is 10.0. The number of carbonyl (C=O) groups is 2. The number of urea groups is 1. The van der Waals surface area contributed by atoms with E-state index in [0.29, 0.717) is 6.54 Å². The largest absolute Gasteiger partial charge is 0.480 e. The Balaban J connectivity index is 2.43. The second-order valence-electron chi connectivity index (χ2n) is 4.25. The lowest BCUT2D eigenvalue weighted by Gasteiger charge is -2.21. The highest BCUT2D eigenvalue weighted by atomic mass is 32.1. The van der Waals surface area contributed by atoms with Crippen LogP contribution in [0.1, 0.15) is 23.6 Å². The summed E-state index contributed by atoms with van der Waals surface area (Å²) in [4.78, 5) is 24.5. The summed E-state index contributed by atoms with van der Waals surface area (Å²) in [7, 11) is 0. The number of aryl methyl sites for hydroxylation is 1. The molecule has 0 aliphatic carbocycles. The summed E-state index contributed by atoms with van der Waals surface area (Å²) in [6.45, 7) is 5.26. The van der Waals surface area contributed by atoms with Gasteiger partial charge in [0, 0.05) is 9.75 Å². The molecule has 1 heterocycles. The van der Waals surface area contributed by atoms with Crippen LogP contribution >= 0.6 is 11.3 Å². The molecule has 0 saturated carbocycles. The van der Waals surface area contributed by atoms with Gasteiger partial charge >= 0.3 is 12.0 Å². The molecule has 1 aromatic heterocycles. The van der Waals surface area contributed by atoms with Crippen LogP contribution in [-0.4, -0.2) is 22.6 Å². The summed E-state index contributed by atoms with van der Waals surface area (Å²) in [5, 5.41) is 13.8. The summed E-state index contributed by atoms with van der Waals surface area (Å²) in [5.41, 5.74) is -1.27. The van der Waals surface area contributed by atoms with Crippen molar-refractivity contribution in [2.24, 2.45) is 0 Å². The molecule has 0 spiro atoms. The summed E-state index contributed by atoms with van der Waals surface area (Å²) < 4.78 is 0. The zero-order chi connectivity index (χ0) is 13.1. The third kappa shape index (κ3) is 4.07. The van der Waals surface area contributed by atoms with Gasteiger partial charge in [0.05, 0.1) is 6.54 Å². The number of nitrogens with one attached hydrogen (secondary N) is 2. The third-order valence-electron chi connectivity index (χ3n) is 2.18. The summed E-state index contributed by atoms with van der Waals surface area (Å²) in [5.74, 6) is -1.07. The van der Waals surface area contributed by atoms with E-state index in [0.717, 1.165) is 4.88 Å². The van der Waals surface area contributed by atoms with Crippen molar-refractivity contribution in [3.63, 3.8) is 0 Å². The zero-order valence-corrected chi connectivity index (χ0v) is 10.9. The normalized spacial score (nSPS) is 11.0. The van der Waals surface area contributed by atoms with Crippen LogP contribution in [0.25, 0.3) is 0 Å². The Morgan fingerprint density at radius 3 is 2.53 bits per heavy atom. The van der Waals surface area contributed by atoms with Crippen LogP contribution in [0.3, 0.4) is 0 Å². The molecule has 2 amide bonds. The summed E-state index contributed by atoms with van der Waals surface area (Å²) >= 11 is 1.60. The molecule has 17 heavy (non-hydrogen) atoms. The van der Waals surface area contributed by atoms with Crippen molar-refractivity contribution >= 4 is 23.3 Å². The quantitative estimate of drug-likeness (QED) is 0.767. The Bertz CT molecular complexity index is 426. The van der Waals surface area contributed by atoms with Crippen molar-refractivity contribution < 1.29 is 14.7 Å². The molecule has 0 atom stereocenters. The predicted octanol–water partition coefficient (Wildman–Crippen LogP) is 1.72. The van der Waals surface area contributed by atoms with Crippen LogP contribution in [-0.2, 0) is 11.3 Å². The van der Waals surface area contributed by atoms with Gasteiger partial charge in [-0.25, -0.2) is 9.59 Å². The molecular formula is C11H16N2O3S. The van der Waals surface area contributed by atoms with Crippen molar-refractivity contribution in [3.8, 4) is 0 Å². The highest BCUT2D eigenvalue weighted by Crippen LogP contribution is 2.14. The number of hydrogen-bond donors (Lipinski definition) is 3. The Kier molecular flexibility index (Phi) is 4.11. The predicted molar refractivity (Wildman–Crippen MR) is 66.1 cm³/mol.